The van der Waals surface area contributed by atoms with Crippen molar-refractivity contribution in [2.24, 2.45) is 5.16 Å². The molecule has 2 saturated heterocycles. The van der Waals surface area contributed by atoms with Gasteiger partial charge >= 0.3 is 5.97 Å². The first-order valence-corrected chi connectivity index (χ1v) is 18.4. The van der Waals surface area contributed by atoms with Crippen molar-refractivity contribution >= 4 is 68.6 Å². The number of aryl methyl sites for hydroxylation is 1. The van der Waals surface area contributed by atoms with E-state index in [9.17, 15) is 44.4 Å². The number of aromatic nitrogens is 2. The van der Waals surface area contributed by atoms with Gasteiger partial charge in [0.15, 0.2) is 33.6 Å². The number of amides is 2. The number of carbonyl (C=O) groups excluding carboxylic acids is 3. The summed E-state index contributed by atoms with van der Waals surface area (Å²) in [6, 6.07) is -0.155. The molecule has 0 aliphatic carbocycles. The Bertz CT molecular complexity index is 2180. The van der Waals surface area contributed by atoms with E-state index in [0.29, 0.717) is 24.2 Å². The van der Waals surface area contributed by atoms with Crippen LogP contribution in [0.5, 0.6) is 11.5 Å². The number of β-lactam (4-membered cyclic amide) rings is 1. The number of phenols is 2. The number of pyridine rings is 1. The molecular formula is C33H36FN7O10S2. The summed E-state index contributed by atoms with van der Waals surface area (Å²) >= 11 is 2.21. The first kappa shape index (κ1) is 37.5. The third-order valence-electron chi connectivity index (χ3n) is 9.60. The summed E-state index contributed by atoms with van der Waals surface area (Å²) in [4.78, 5) is 75.2. The maximum absolute atomic E-state index is 15.0. The average Bonchev–Trinajstić information content (AvgIpc) is 3.75. The number of carboxylic acid groups (broad SMARTS) is 2. The third kappa shape index (κ3) is 6.77. The Morgan fingerprint density at radius 3 is 2.53 bits per heavy atom. The number of nitrogen functional groups attached to an aromatic ring is 1. The van der Waals surface area contributed by atoms with E-state index in [2.05, 4.69) is 15.5 Å². The van der Waals surface area contributed by atoms with E-state index in [0.717, 1.165) is 35.1 Å². The highest BCUT2D eigenvalue weighted by atomic mass is 32.2. The number of nitrogens with one attached hydrogen (secondary N) is 1. The fourth-order valence-corrected chi connectivity index (χ4v) is 8.75. The molecule has 6 N–H and O–H groups in total. The molecule has 2 aromatic heterocycles. The van der Waals surface area contributed by atoms with Crippen LogP contribution in [0.15, 0.2) is 38.9 Å². The SMILES string of the molecule is CCn1cc(C[N+]2(CC3=C(C(=O)[O-])N4C(=O)[C@@H](NC(=O)/C(=N\OC(C)(C)C(=O)O)c5csc(N)n5)[C@H]4SC3)CCCC2)c(=O)c2cc(O)c(O)c(F)c21. The maximum Gasteiger partial charge on any atom is 0.350 e. The van der Waals surface area contributed by atoms with Crippen LogP contribution in [0.3, 0.4) is 0 Å². The molecule has 17 nitrogen and oxygen atoms in total. The monoisotopic (exact) mass is 773 g/mol. The standard InChI is InChI=1S/C33H36FN7O10S2/c1-4-39-10-15(25(43)17-9-19(42)26(44)20(34)24(17)39)11-41(7-5-6-8-41)12-16-13-52-29-22(28(46)40(29)23(16)30(47)48)37-27(45)21(18-14-53-32(35)36-18)38-51-33(2,3)31(49)50/h9-10,14,22,29H,4-8,11-13H2,1-3H3,(H6-,35,36,37,38,42,43,44,45,47,48,49,50)/t22-,29-/m1/s1. The number of hydrogen-bond donors (Lipinski definition) is 5. The average molecular weight is 774 g/mol. The fraction of sp³-hybridized carbons (Fsp3) is 0.424. The number of carbonyl (C=O) groups is 4. The van der Waals surface area contributed by atoms with E-state index in [4.69, 9.17) is 10.6 Å². The van der Waals surface area contributed by atoms with Crippen molar-refractivity contribution in [1.29, 1.82) is 0 Å². The molecule has 1 aromatic carbocycles. The van der Waals surface area contributed by atoms with Crippen LogP contribution in [0.25, 0.3) is 10.9 Å². The van der Waals surface area contributed by atoms with Crippen LogP contribution in [-0.4, -0.2) is 106 Å². The van der Waals surface area contributed by atoms with Gasteiger partial charge in [0.25, 0.3) is 11.8 Å². The number of halogens is 1. The van der Waals surface area contributed by atoms with Gasteiger partial charge in [0.2, 0.25) is 5.60 Å². The van der Waals surface area contributed by atoms with Crippen molar-refractivity contribution in [1.82, 2.24) is 19.8 Å². The summed E-state index contributed by atoms with van der Waals surface area (Å²) in [7, 11) is 0. The molecule has 3 aromatic rings. The molecule has 0 bridgehead atoms. The lowest BCUT2D eigenvalue weighted by atomic mass is 10.0. The second-order valence-corrected chi connectivity index (χ2v) is 15.5. The van der Waals surface area contributed by atoms with Crippen LogP contribution < -0.4 is 21.6 Å². The predicted molar refractivity (Wildman–Crippen MR) is 188 cm³/mol. The van der Waals surface area contributed by atoms with Crippen molar-refractivity contribution in [3.8, 4) is 11.5 Å². The highest BCUT2D eigenvalue weighted by molar-refractivity contribution is 8.00. The zero-order chi connectivity index (χ0) is 38.6. The number of carboxylic acids is 2. The van der Waals surface area contributed by atoms with Crippen LogP contribution in [0, 0.1) is 5.82 Å². The number of likely N-dealkylation sites (tertiary alicyclic amines) is 1. The minimum absolute atomic E-state index is 0.0273. The van der Waals surface area contributed by atoms with Gasteiger partial charge in [0.1, 0.15) is 30.2 Å². The lowest BCUT2D eigenvalue weighted by molar-refractivity contribution is -0.925. The van der Waals surface area contributed by atoms with E-state index >= 15 is 4.39 Å². The van der Waals surface area contributed by atoms with Gasteiger partial charge in [-0.1, -0.05) is 5.16 Å². The van der Waals surface area contributed by atoms with Crippen molar-refractivity contribution in [3.05, 3.63) is 56.2 Å². The van der Waals surface area contributed by atoms with Crippen molar-refractivity contribution in [3.63, 3.8) is 0 Å². The van der Waals surface area contributed by atoms with Gasteiger partial charge in [-0.25, -0.2) is 14.2 Å². The number of nitrogens with zero attached hydrogens (tertiary/aromatic N) is 5. The molecule has 5 heterocycles. The molecule has 53 heavy (non-hydrogen) atoms. The third-order valence-corrected chi connectivity index (χ3v) is 11.6. The number of fused-ring (bicyclic) bond motifs is 2. The molecule has 0 saturated carbocycles. The molecule has 0 unspecified atom stereocenters. The second kappa shape index (κ2) is 14.0. The molecule has 6 rings (SSSR count). The Morgan fingerprint density at radius 1 is 1.23 bits per heavy atom. The summed E-state index contributed by atoms with van der Waals surface area (Å²) in [5, 5.41) is 49.0. The van der Waals surface area contributed by atoms with Crippen molar-refractivity contribution < 1.29 is 53.3 Å². The largest absolute Gasteiger partial charge is 0.543 e. The summed E-state index contributed by atoms with van der Waals surface area (Å²) in [6.45, 7) is 5.88. The summed E-state index contributed by atoms with van der Waals surface area (Å²) in [5.41, 5.74) is 3.14. The highest BCUT2D eigenvalue weighted by Gasteiger charge is 2.54. The number of thioether (sulfide) groups is 1. The van der Waals surface area contributed by atoms with E-state index in [1.165, 1.54) is 41.8 Å². The minimum atomic E-state index is -1.82. The second-order valence-electron chi connectivity index (χ2n) is 13.6. The number of quaternary nitrogens is 1. The van der Waals surface area contributed by atoms with Crippen LogP contribution in [-0.2, 0) is 37.1 Å². The topological polar surface area (TPSA) is 250 Å². The van der Waals surface area contributed by atoms with E-state index in [1.54, 1.807) is 6.92 Å². The number of phenolic OH excluding ortho intramolecular Hbond substituents is 2. The lowest BCUT2D eigenvalue weighted by Crippen LogP contribution is -2.72. The molecule has 2 fully saturated rings. The molecule has 3 aliphatic heterocycles. The zero-order valence-corrected chi connectivity index (χ0v) is 30.4. The Kier molecular flexibility index (Phi) is 9.90. The predicted octanol–water partition coefficient (Wildman–Crippen LogP) is 0.409. The van der Waals surface area contributed by atoms with Crippen molar-refractivity contribution in [2.75, 3.05) is 31.1 Å². The van der Waals surface area contributed by atoms with Crippen molar-refractivity contribution in [2.45, 2.75) is 63.7 Å². The normalized spacial score (nSPS) is 20.0. The van der Waals surface area contributed by atoms with Gasteiger partial charge in [-0.2, -0.15) is 0 Å². The fourth-order valence-electron chi connectivity index (χ4n) is 6.86. The number of benzene rings is 1. The Balaban J connectivity index is 1.27. The van der Waals surface area contributed by atoms with Gasteiger partial charge in [-0.05, 0) is 26.8 Å². The molecule has 2 amide bonds. The lowest BCUT2D eigenvalue weighted by Gasteiger charge is -2.51. The number of nitrogens with two attached hydrogens (primary N) is 1. The van der Waals surface area contributed by atoms with Crippen LogP contribution in [0.4, 0.5) is 9.52 Å². The Labute approximate surface area is 308 Å². The van der Waals surface area contributed by atoms with Gasteiger partial charge in [0.05, 0.1) is 41.2 Å². The first-order valence-electron chi connectivity index (χ1n) is 16.5. The quantitative estimate of drug-likeness (QED) is 0.0551. The van der Waals surface area contributed by atoms with Crippen LogP contribution >= 0.6 is 23.1 Å². The van der Waals surface area contributed by atoms with E-state index < -0.39 is 69.2 Å². The summed E-state index contributed by atoms with van der Waals surface area (Å²) in [6.07, 6.45) is 3.07. The van der Waals surface area contributed by atoms with E-state index in [1.807, 2.05) is 0 Å². The molecule has 0 spiro atoms. The van der Waals surface area contributed by atoms with Gasteiger partial charge in [-0.15, -0.1) is 23.1 Å². The smallest absolute Gasteiger partial charge is 0.350 e. The highest BCUT2D eigenvalue weighted by Crippen LogP contribution is 2.42. The first-order chi connectivity index (χ1) is 25.0. The Morgan fingerprint density at radius 2 is 1.92 bits per heavy atom. The number of thiazole rings is 1. The number of aromatic hydroxyl groups is 2. The molecule has 0 radical (unpaired) electrons. The number of anilines is 1. The molecular weight excluding hydrogens is 738 g/mol. The maximum atomic E-state index is 15.0. The number of oxime groups is 1. The minimum Gasteiger partial charge on any atom is -0.543 e. The summed E-state index contributed by atoms with van der Waals surface area (Å²) in [5.74, 6) is -7.30. The zero-order valence-electron chi connectivity index (χ0n) is 28.8. The molecule has 2 atom stereocenters. The number of aliphatic carboxylic acids is 2. The van der Waals surface area contributed by atoms with Crippen LogP contribution in [0.2, 0.25) is 0 Å². The number of rotatable bonds is 12. The van der Waals surface area contributed by atoms with Gasteiger partial charge in [-0.3, -0.25) is 19.3 Å². The van der Waals surface area contributed by atoms with Gasteiger partial charge < -0.3 is 50.2 Å². The number of hydrogen-bond acceptors (Lipinski definition) is 14. The van der Waals surface area contributed by atoms with Gasteiger partial charge in [0, 0.05) is 42.3 Å². The molecule has 282 valence electrons. The molecule has 20 heteroatoms. The van der Waals surface area contributed by atoms with E-state index in [-0.39, 0.29) is 57.3 Å². The summed E-state index contributed by atoms with van der Waals surface area (Å²) < 4.78 is 16.8. The van der Waals surface area contributed by atoms with Crippen LogP contribution in [0.1, 0.15) is 44.9 Å². The molecule has 3 aliphatic rings. The Hall–Kier alpha value is -5.21.